The van der Waals surface area contributed by atoms with E-state index in [1.54, 1.807) is 0 Å². The summed E-state index contributed by atoms with van der Waals surface area (Å²) in [6, 6.07) is 0. The zero-order valence-electron chi connectivity index (χ0n) is 13.9. The van der Waals surface area contributed by atoms with Crippen LogP contribution >= 0.6 is 0 Å². The number of aliphatic hydroxyl groups excluding tert-OH is 2. The van der Waals surface area contributed by atoms with Gasteiger partial charge >= 0.3 is 0 Å². The molecule has 4 saturated carbocycles. The molecule has 0 aromatic carbocycles. The molecule has 0 heterocycles. The Labute approximate surface area is 133 Å². The van der Waals surface area contributed by atoms with E-state index in [0.717, 1.165) is 38.5 Å². The first-order valence-electron chi connectivity index (χ1n) is 9.24. The highest BCUT2D eigenvalue weighted by Crippen LogP contribution is 2.65. The van der Waals surface area contributed by atoms with Crippen LogP contribution in [-0.2, 0) is 4.79 Å². The van der Waals surface area contributed by atoms with Crippen molar-refractivity contribution in [3.8, 4) is 0 Å². The van der Waals surface area contributed by atoms with Crippen LogP contribution in [0.5, 0.6) is 0 Å². The van der Waals surface area contributed by atoms with Gasteiger partial charge in [0.1, 0.15) is 5.78 Å². The molecule has 4 fully saturated rings. The first-order chi connectivity index (χ1) is 10.3. The molecule has 0 aromatic rings. The minimum absolute atomic E-state index is 0.00410. The molecule has 124 valence electrons. The summed E-state index contributed by atoms with van der Waals surface area (Å²) in [6.07, 6.45) is 7.00. The van der Waals surface area contributed by atoms with Crippen molar-refractivity contribution >= 4 is 5.78 Å². The highest BCUT2D eigenvalue weighted by molar-refractivity contribution is 5.84. The average molecular weight is 306 g/mol. The quantitative estimate of drug-likeness (QED) is 0.723. The molecule has 0 bridgehead atoms. The van der Waals surface area contributed by atoms with Crippen molar-refractivity contribution in [1.82, 2.24) is 0 Å². The molecule has 0 aromatic heterocycles. The predicted octanol–water partition coefficient (Wildman–Crippen LogP) is 2.93. The summed E-state index contributed by atoms with van der Waals surface area (Å²) in [4.78, 5) is 13.1. The lowest BCUT2D eigenvalue weighted by atomic mass is 9.44. The fourth-order valence-corrected chi connectivity index (χ4v) is 7.01. The second kappa shape index (κ2) is 4.80. The van der Waals surface area contributed by atoms with E-state index < -0.39 is 0 Å². The third-order valence-corrected chi connectivity index (χ3v) is 8.12. The number of fused-ring (bicyclic) bond motifs is 5. The lowest BCUT2D eigenvalue weighted by molar-refractivity contribution is -0.179. The molecule has 0 aliphatic heterocycles. The Kier molecular flexibility index (Phi) is 3.30. The van der Waals surface area contributed by atoms with Crippen molar-refractivity contribution in [1.29, 1.82) is 0 Å². The Bertz CT molecular complexity index is 489. The SMILES string of the molecule is CC12CCCC1C1C(O)CC3CC(O)CCC3(C)C1C(=O)C2. The Morgan fingerprint density at radius 1 is 1.09 bits per heavy atom. The molecule has 8 unspecified atom stereocenters. The summed E-state index contributed by atoms with van der Waals surface area (Å²) in [5, 5.41) is 20.9. The van der Waals surface area contributed by atoms with Crippen LogP contribution in [0.4, 0.5) is 0 Å². The molecular weight excluding hydrogens is 276 g/mol. The Hall–Kier alpha value is -0.410. The minimum atomic E-state index is -0.347. The number of carbonyl (C=O) groups excluding carboxylic acids is 1. The molecule has 0 saturated heterocycles. The molecule has 2 N–H and O–H groups in total. The van der Waals surface area contributed by atoms with Crippen LogP contribution < -0.4 is 0 Å². The van der Waals surface area contributed by atoms with Crippen LogP contribution in [-0.4, -0.2) is 28.2 Å². The highest BCUT2D eigenvalue weighted by atomic mass is 16.3. The standard InChI is InChI=1S/C19H30O3/c1-18-6-3-4-13(18)16-14(21)9-11-8-12(20)5-7-19(11,2)17(16)15(22)10-18/h11-14,16-17,20-21H,3-10H2,1-2H3. The molecule has 3 heteroatoms. The lowest BCUT2D eigenvalue weighted by Crippen LogP contribution is -2.61. The molecule has 4 aliphatic rings. The summed E-state index contributed by atoms with van der Waals surface area (Å²) in [7, 11) is 0. The van der Waals surface area contributed by atoms with E-state index in [4.69, 9.17) is 0 Å². The minimum Gasteiger partial charge on any atom is -0.393 e. The monoisotopic (exact) mass is 306 g/mol. The molecular formula is C19H30O3. The number of rotatable bonds is 0. The number of hydrogen-bond acceptors (Lipinski definition) is 3. The van der Waals surface area contributed by atoms with Gasteiger partial charge in [-0.2, -0.15) is 0 Å². The normalized spacial score (nSPS) is 57.9. The largest absolute Gasteiger partial charge is 0.393 e. The topological polar surface area (TPSA) is 57.5 Å². The van der Waals surface area contributed by atoms with Gasteiger partial charge in [0.2, 0.25) is 0 Å². The van der Waals surface area contributed by atoms with Gasteiger partial charge in [-0.25, -0.2) is 0 Å². The van der Waals surface area contributed by atoms with E-state index in [1.165, 1.54) is 12.8 Å². The molecule has 0 spiro atoms. The maximum Gasteiger partial charge on any atom is 0.137 e. The summed E-state index contributed by atoms with van der Waals surface area (Å²) >= 11 is 0. The van der Waals surface area contributed by atoms with Crippen LogP contribution in [0.3, 0.4) is 0 Å². The Balaban J connectivity index is 1.73. The van der Waals surface area contributed by atoms with Gasteiger partial charge in [-0.05, 0) is 67.1 Å². The number of carbonyl (C=O) groups is 1. The first kappa shape index (κ1) is 15.1. The van der Waals surface area contributed by atoms with Crippen LogP contribution in [0.15, 0.2) is 0 Å². The van der Waals surface area contributed by atoms with E-state index in [-0.39, 0.29) is 34.9 Å². The third-order valence-electron chi connectivity index (χ3n) is 8.12. The van der Waals surface area contributed by atoms with Crippen LogP contribution in [0.25, 0.3) is 0 Å². The second-order valence-electron chi connectivity index (χ2n) is 9.28. The fraction of sp³-hybridized carbons (Fsp3) is 0.947. The lowest BCUT2D eigenvalue weighted by Gasteiger charge is -2.60. The molecule has 0 radical (unpaired) electrons. The first-order valence-corrected chi connectivity index (χ1v) is 9.24. The van der Waals surface area contributed by atoms with Crippen LogP contribution in [0, 0.1) is 34.5 Å². The maximum atomic E-state index is 13.1. The summed E-state index contributed by atoms with van der Waals surface area (Å²) in [5.41, 5.74) is 0.140. The van der Waals surface area contributed by atoms with Gasteiger partial charge in [0.05, 0.1) is 12.2 Å². The Morgan fingerprint density at radius 3 is 2.64 bits per heavy atom. The van der Waals surface area contributed by atoms with Crippen LogP contribution in [0.2, 0.25) is 0 Å². The van der Waals surface area contributed by atoms with Gasteiger partial charge < -0.3 is 10.2 Å². The van der Waals surface area contributed by atoms with Crippen LogP contribution in [0.1, 0.15) is 65.2 Å². The van der Waals surface area contributed by atoms with E-state index in [2.05, 4.69) is 13.8 Å². The summed E-state index contributed by atoms with van der Waals surface area (Å²) < 4.78 is 0. The van der Waals surface area contributed by atoms with Gasteiger partial charge in [0, 0.05) is 12.3 Å². The number of aliphatic hydroxyl groups is 2. The van der Waals surface area contributed by atoms with Crippen molar-refractivity contribution < 1.29 is 15.0 Å². The van der Waals surface area contributed by atoms with Gasteiger partial charge in [-0.15, -0.1) is 0 Å². The van der Waals surface area contributed by atoms with E-state index in [0.29, 0.717) is 17.6 Å². The zero-order valence-corrected chi connectivity index (χ0v) is 13.9. The van der Waals surface area contributed by atoms with Gasteiger partial charge in [-0.3, -0.25) is 4.79 Å². The highest BCUT2D eigenvalue weighted by Gasteiger charge is 2.63. The van der Waals surface area contributed by atoms with Gasteiger partial charge in [-0.1, -0.05) is 20.3 Å². The fourth-order valence-electron chi connectivity index (χ4n) is 7.01. The van der Waals surface area contributed by atoms with Crippen molar-refractivity contribution in [3.05, 3.63) is 0 Å². The number of Topliss-reactive ketones (excluding diaryl/α,β-unsaturated/α-hetero) is 1. The van der Waals surface area contributed by atoms with Crippen molar-refractivity contribution in [3.63, 3.8) is 0 Å². The maximum absolute atomic E-state index is 13.1. The van der Waals surface area contributed by atoms with Crippen molar-refractivity contribution in [2.24, 2.45) is 34.5 Å². The molecule has 4 aliphatic carbocycles. The predicted molar refractivity (Wildman–Crippen MR) is 84.1 cm³/mol. The van der Waals surface area contributed by atoms with Crippen molar-refractivity contribution in [2.75, 3.05) is 0 Å². The second-order valence-corrected chi connectivity index (χ2v) is 9.28. The molecule has 0 amide bonds. The zero-order chi connectivity index (χ0) is 15.7. The van der Waals surface area contributed by atoms with Crippen molar-refractivity contribution in [2.45, 2.75) is 77.4 Å². The molecule has 4 rings (SSSR count). The number of hydrogen-bond donors (Lipinski definition) is 2. The molecule has 3 nitrogen and oxygen atoms in total. The van der Waals surface area contributed by atoms with E-state index in [9.17, 15) is 15.0 Å². The van der Waals surface area contributed by atoms with E-state index >= 15 is 0 Å². The molecule has 22 heavy (non-hydrogen) atoms. The smallest absolute Gasteiger partial charge is 0.137 e. The summed E-state index contributed by atoms with van der Waals surface area (Å²) in [6.45, 7) is 4.56. The molecule has 8 atom stereocenters. The Morgan fingerprint density at radius 2 is 1.86 bits per heavy atom. The average Bonchev–Trinajstić information content (AvgIpc) is 2.81. The summed E-state index contributed by atoms with van der Waals surface area (Å²) in [5.74, 6) is 1.44. The van der Waals surface area contributed by atoms with Gasteiger partial charge in [0.15, 0.2) is 0 Å². The number of ketones is 1. The van der Waals surface area contributed by atoms with E-state index in [1.807, 2.05) is 0 Å². The third kappa shape index (κ3) is 1.91. The van der Waals surface area contributed by atoms with Gasteiger partial charge in [0.25, 0.3) is 0 Å².